The molecule has 1 heterocycles. The normalized spacial score (nSPS) is 14.4. The van der Waals surface area contributed by atoms with Gasteiger partial charge in [-0.15, -0.1) is 0 Å². The van der Waals surface area contributed by atoms with Gasteiger partial charge in [-0.25, -0.2) is 0 Å². The van der Waals surface area contributed by atoms with E-state index in [0.717, 1.165) is 4.90 Å². The predicted molar refractivity (Wildman–Crippen MR) is 78.1 cm³/mol. The molecule has 2 N–H and O–H groups in total. The zero-order valence-corrected chi connectivity index (χ0v) is 12.2. The number of benzene rings is 1. The minimum absolute atomic E-state index is 0.0345. The first-order valence-electron chi connectivity index (χ1n) is 6.45. The lowest BCUT2D eigenvalue weighted by Crippen LogP contribution is -2.34. The Morgan fingerprint density at radius 1 is 1.38 bits per heavy atom. The number of halogens is 1. The summed E-state index contributed by atoms with van der Waals surface area (Å²) in [7, 11) is 0. The van der Waals surface area contributed by atoms with Crippen LogP contribution < -0.4 is 10.1 Å². The third-order valence-corrected chi connectivity index (χ3v) is 3.16. The highest BCUT2D eigenvalue weighted by atomic mass is 35.5. The van der Waals surface area contributed by atoms with E-state index in [1.807, 2.05) is 6.92 Å². The van der Waals surface area contributed by atoms with Crippen molar-refractivity contribution in [2.24, 2.45) is 0 Å². The molecule has 112 valence electrons. The highest BCUT2D eigenvalue weighted by Gasteiger charge is 2.31. The Balaban J connectivity index is 2.23. The number of anilines is 1. The maximum absolute atomic E-state index is 12.1. The van der Waals surface area contributed by atoms with Crippen molar-refractivity contribution in [2.45, 2.75) is 6.92 Å². The van der Waals surface area contributed by atoms with Crippen LogP contribution in [0.1, 0.15) is 6.92 Å². The lowest BCUT2D eigenvalue weighted by Gasteiger charge is -2.15. The SMILES string of the molecule is CCOc1c(Cl)cccc1NC1=CC(=O)N(CCO)C1=O. The summed E-state index contributed by atoms with van der Waals surface area (Å²) in [6, 6.07) is 5.08. The Morgan fingerprint density at radius 2 is 2.14 bits per heavy atom. The molecule has 2 amide bonds. The molecule has 2 rings (SSSR count). The van der Waals surface area contributed by atoms with Crippen LogP contribution in [0.15, 0.2) is 30.0 Å². The van der Waals surface area contributed by atoms with E-state index in [-0.39, 0.29) is 18.8 Å². The maximum atomic E-state index is 12.1. The summed E-state index contributed by atoms with van der Waals surface area (Å²) in [6.45, 7) is 1.92. The van der Waals surface area contributed by atoms with Crippen molar-refractivity contribution in [3.63, 3.8) is 0 Å². The number of amides is 2. The molecule has 0 spiro atoms. The Labute approximate surface area is 126 Å². The van der Waals surface area contributed by atoms with Gasteiger partial charge >= 0.3 is 0 Å². The summed E-state index contributed by atoms with van der Waals surface area (Å²) >= 11 is 6.06. The van der Waals surface area contributed by atoms with Crippen molar-refractivity contribution in [2.75, 3.05) is 25.1 Å². The Morgan fingerprint density at radius 3 is 2.81 bits per heavy atom. The van der Waals surface area contributed by atoms with Crippen LogP contribution in [0.5, 0.6) is 5.75 Å². The van der Waals surface area contributed by atoms with Crippen LogP contribution in [0.4, 0.5) is 5.69 Å². The van der Waals surface area contributed by atoms with E-state index in [9.17, 15) is 9.59 Å². The lowest BCUT2D eigenvalue weighted by molar-refractivity contribution is -0.137. The molecule has 0 saturated heterocycles. The van der Waals surface area contributed by atoms with Gasteiger partial charge in [0, 0.05) is 6.08 Å². The minimum atomic E-state index is -0.489. The van der Waals surface area contributed by atoms with Gasteiger partial charge in [-0.3, -0.25) is 14.5 Å². The third kappa shape index (κ3) is 3.17. The quantitative estimate of drug-likeness (QED) is 0.776. The molecule has 0 radical (unpaired) electrons. The van der Waals surface area contributed by atoms with Gasteiger partial charge in [0.05, 0.1) is 30.5 Å². The molecule has 1 aliphatic rings. The fourth-order valence-corrected chi connectivity index (χ4v) is 2.18. The van der Waals surface area contributed by atoms with Crippen molar-refractivity contribution in [3.8, 4) is 5.75 Å². The van der Waals surface area contributed by atoms with Crippen LogP contribution in [-0.2, 0) is 9.59 Å². The number of hydrogen-bond donors (Lipinski definition) is 2. The summed E-state index contributed by atoms with van der Waals surface area (Å²) in [5.74, 6) is -0.531. The molecular weight excluding hydrogens is 296 g/mol. The first-order chi connectivity index (χ1) is 10.1. The Bertz CT molecular complexity index is 601. The molecule has 21 heavy (non-hydrogen) atoms. The summed E-state index contributed by atoms with van der Waals surface area (Å²) in [5, 5.41) is 12.1. The highest BCUT2D eigenvalue weighted by molar-refractivity contribution is 6.32. The van der Waals surface area contributed by atoms with Crippen molar-refractivity contribution in [3.05, 3.63) is 35.0 Å². The van der Waals surface area contributed by atoms with Gasteiger partial charge in [-0.05, 0) is 19.1 Å². The summed E-state index contributed by atoms with van der Waals surface area (Å²) in [5.41, 5.74) is 0.624. The average molecular weight is 311 g/mol. The van der Waals surface area contributed by atoms with E-state index in [2.05, 4.69) is 5.32 Å². The van der Waals surface area contributed by atoms with Crippen molar-refractivity contribution in [1.82, 2.24) is 4.90 Å². The molecule has 0 unspecified atom stereocenters. The van der Waals surface area contributed by atoms with Gasteiger partial charge in [0.2, 0.25) is 0 Å². The number of imide groups is 1. The molecular formula is C14H15ClN2O4. The first-order valence-corrected chi connectivity index (χ1v) is 6.83. The van der Waals surface area contributed by atoms with Crippen LogP contribution in [0.25, 0.3) is 0 Å². The standard InChI is InChI=1S/C14H15ClN2O4/c1-2-21-13-9(15)4-3-5-10(13)16-11-8-12(19)17(6-7-18)14(11)20/h3-5,8,16,18H,2,6-7H2,1H3. The highest BCUT2D eigenvalue weighted by Crippen LogP contribution is 2.34. The van der Waals surface area contributed by atoms with Crippen LogP contribution >= 0.6 is 11.6 Å². The molecule has 7 heteroatoms. The van der Waals surface area contributed by atoms with Crippen LogP contribution in [-0.4, -0.2) is 41.6 Å². The molecule has 0 atom stereocenters. The van der Waals surface area contributed by atoms with Crippen LogP contribution in [0.3, 0.4) is 0 Å². The fraction of sp³-hybridized carbons (Fsp3) is 0.286. The Hall–Kier alpha value is -2.05. The fourth-order valence-electron chi connectivity index (χ4n) is 1.95. The molecule has 0 bridgehead atoms. The van der Waals surface area contributed by atoms with Crippen LogP contribution in [0, 0.1) is 0 Å². The lowest BCUT2D eigenvalue weighted by atomic mass is 10.2. The van der Waals surface area contributed by atoms with Crippen LogP contribution in [0.2, 0.25) is 5.02 Å². The van der Waals surface area contributed by atoms with E-state index in [1.54, 1.807) is 18.2 Å². The second-order valence-corrected chi connectivity index (χ2v) is 4.66. The number of para-hydroxylation sites is 1. The van der Waals surface area contributed by atoms with Crippen molar-refractivity contribution in [1.29, 1.82) is 0 Å². The topological polar surface area (TPSA) is 78.9 Å². The summed E-state index contributed by atoms with van der Waals surface area (Å²) in [6.07, 6.45) is 1.19. The van der Waals surface area contributed by atoms with E-state index in [4.69, 9.17) is 21.4 Å². The number of hydrogen-bond acceptors (Lipinski definition) is 5. The molecule has 1 aliphatic heterocycles. The van der Waals surface area contributed by atoms with Gasteiger partial charge in [0.1, 0.15) is 5.70 Å². The maximum Gasteiger partial charge on any atom is 0.277 e. The molecule has 0 saturated carbocycles. The number of carbonyl (C=O) groups excluding carboxylic acids is 2. The van der Waals surface area contributed by atoms with Gasteiger partial charge < -0.3 is 15.2 Å². The van der Waals surface area contributed by atoms with Gasteiger partial charge in [0.15, 0.2) is 5.75 Å². The zero-order chi connectivity index (χ0) is 15.4. The number of nitrogens with one attached hydrogen (secondary N) is 1. The van der Waals surface area contributed by atoms with Crippen molar-refractivity contribution < 1.29 is 19.4 Å². The summed E-state index contributed by atoms with van der Waals surface area (Å²) < 4.78 is 5.44. The smallest absolute Gasteiger partial charge is 0.277 e. The molecule has 0 aliphatic carbocycles. The number of nitrogens with zero attached hydrogens (tertiary/aromatic N) is 1. The van der Waals surface area contributed by atoms with Gasteiger partial charge in [-0.2, -0.15) is 0 Å². The number of β-amino-alcohol motifs (C(OH)–C–C–N with tert-alkyl or cyclic N) is 1. The van der Waals surface area contributed by atoms with E-state index < -0.39 is 11.8 Å². The van der Waals surface area contributed by atoms with Gasteiger partial charge in [-0.1, -0.05) is 17.7 Å². The number of aliphatic hydroxyl groups is 1. The second-order valence-electron chi connectivity index (χ2n) is 4.25. The average Bonchev–Trinajstić information content (AvgIpc) is 2.71. The van der Waals surface area contributed by atoms with E-state index in [0.29, 0.717) is 23.1 Å². The monoisotopic (exact) mass is 310 g/mol. The Kier molecular flexibility index (Phi) is 4.82. The third-order valence-electron chi connectivity index (χ3n) is 2.86. The minimum Gasteiger partial charge on any atom is -0.490 e. The molecule has 1 aromatic carbocycles. The predicted octanol–water partition coefficient (Wildman–Crippen LogP) is 1.40. The molecule has 0 fully saturated rings. The number of carbonyl (C=O) groups is 2. The van der Waals surface area contributed by atoms with E-state index >= 15 is 0 Å². The number of rotatable bonds is 6. The number of aliphatic hydroxyl groups excluding tert-OH is 1. The molecule has 6 nitrogen and oxygen atoms in total. The van der Waals surface area contributed by atoms with E-state index in [1.165, 1.54) is 6.08 Å². The van der Waals surface area contributed by atoms with Gasteiger partial charge in [0.25, 0.3) is 11.8 Å². The number of ether oxygens (including phenoxy) is 1. The summed E-state index contributed by atoms with van der Waals surface area (Å²) in [4.78, 5) is 24.7. The molecule has 0 aromatic heterocycles. The molecule has 1 aromatic rings. The zero-order valence-electron chi connectivity index (χ0n) is 11.4. The second kappa shape index (κ2) is 6.60. The first kappa shape index (κ1) is 15.3. The van der Waals surface area contributed by atoms with Crippen molar-refractivity contribution >= 4 is 29.1 Å². The largest absolute Gasteiger partial charge is 0.490 e.